The van der Waals surface area contributed by atoms with Crippen LogP contribution in [0.4, 0.5) is 4.39 Å². The molecule has 0 aliphatic heterocycles. The first kappa shape index (κ1) is 16.7. The van der Waals surface area contributed by atoms with Gasteiger partial charge in [-0.3, -0.25) is 4.79 Å². The van der Waals surface area contributed by atoms with Gasteiger partial charge in [0, 0.05) is 31.3 Å². The van der Waals surface area contributed by atoms with E-state index in [0.29, 0.717) is 18.5 Å². The van der Waals surface area contributed by atoms with Crippen molar-refractivity contribution in [3.63, 3.8) is 0 Å². The average molecular weight is 357 g/mol. The Balaban J connectivity index is 1.46. The number of pyridine rings is 1. The summed E-state index contributed by atoms with van der Waals surface area (Å²) in [4.78, 5) is 20.6. The lowest BCUT2D eigenvalue weighted by Crippen LogP contribution is -2.40. The van der Waals surface area contributed by atoms with Crippen molar-refractivity contribution in [2.24, 2.45) is 5.92 Å². The average Bonchev–Trinajstić information content (AvgIpc) is 3.29. The number of hydrogen-bond acceptors (Lipinski definition) is 4. The summed E-state index contributed by atoms with van der Waals surface area (Å²) in [5.74, 6) is -0.694. The van der Waals surface area contributed by atoms with Crippen LogP contribution in [-0.4, -0.2) is 42.1 Å². The van der Waals surface area contributed by atoms with Crippen LogP contribution in [0.1, 0.15) is 28.9 Å². The molecule has 1 aliphatic carbocycles. The maximum atomic E-state index is 14.2. The van der Waals surface area contributed by atoms with E-state index < -0.39 is 17.8 Å². The van der Waals surface area contributed by atoms with Gasteiger partial charge < -0.3 is 19.4 Å². The number of aliphatic hydroxyl groups excluding tert-OH is 1. The molecule has 3 aromatic heterocycles. The molecule has 7 nitrogen and oxygen atoms in total. The van der Waals surface area contributed by atoms with Gasteiger partial charge in [-0.15, -0.1) is 0 Å². The summed E-state index contributed by atoms with van der Waals surface area (Å²) in [6.45, 7) is 2.51. The molecule has 1 aliphatic rings. The van der Waals surface area contributed by atoms with Crippen LogP contribution in [0.5, 0.6) is 0 Å². The highest BCUT2D eigenvalue weighted by atomic mass is 19.1. The van der Waals surface area contributed by atoms with Gasteiger partial charge >= 0.3 is 0 Å². The smallest absolute Gasteiger partial charge is 0.253 e. The normalized spacial score (nSPS) is 22.8. The number of carbonyl (C=O) groups excluding carboxylic acids is 1. The summed E-state index contributed by atoms with van der Waals surface area (Å²) < 4.78 is 17.6. The van der Waals surface area contributed by atoms with Gasteiger partial charge in [0.2, 0.25) is 0 Å². The van der Waals surface area contributed by atoms with Gasteiger partial charge in [0.25, 0.3) is 5.91 Å². The Kier molecular flexibility index (Phi) is 4.20. The summed E-state index contributed by atoms with van der Waals surface area (Å²) in [5.41, 5.74) is 1.08. The zero-order valence-corrected chi connectivity index (χ0v) is 14.3. The monoisotopic (exact) mass is 357 g/mol. The number of carbonyl (C=O) groups is 1. The number of aliphatic hydroxyl groups is 1. The van der Waals surface area contributed by atoms with Crippen LogP contribution in [0.3, 0.4) is 0 Å². The minimum Gasteiger partial charge on any atom is -0.391 e. The third-order valence-corrected chi connectivity index (χ3v) is 4.86. The Morgan fingerprint density at radius 1 is 1.42 bits per heavy atom. The van der Waals surface area contributed by atoms with E-state index in [4.69, 9.17) is 0 Å². The van der Waals surface area contributed by atoms with Crippen molar-refractivity contribution in [3.05, 3.63) is 54.3 Å². The molecular formula is C18H20FN5O2. The summed E-state index contributed by atoms with van der Waals surface area (Å²) in [6, 6.07) is 0.834. The molecule has 3 heterocycles. The zero-order chi connectivity index (χ0) is 18.3. The molecule has 4 rings (SSSR count). The fraction of sp³-hybridized carbons (Fsp3) is 0.389. The van der Waals surface area contributed by atoms with Crippen molar-refractivity contribution in [2.45, 2.75) is 38.5 Å². The van der Waals surface area contributed by atoms with Gasteiger partial charge in [0.1, 0.15) is 0 Å². The molecule has 0 aromatic carbocycles. The number of aromatic nitrogens is 4. The van der Waals surface area contributed by atoms with E-state index in [-0.39, 0.29) is 23.2 Å². The maximum absolute atomic E-state index is 14.2. The fourth-order valence-corrected chi connectivity index (χ4v) is 3.67. The topological polar surface area (TPSA) is 84.5 Å². The number of halogens is 1. The lowest BCUT2D eigenvalue weighted by molar-refractivity contribution is 0.0872. The molecule has 8 heteroatoms. The van der Waals surface area contributed by atoms with Crippen LogP contribution >= 0.6 is 0 Å². The number of imidazole rings is 2. The van der Waals surface area contributed by atoms with E-state index in [1.54, 1.807) is 31.8 Å². The lowest BCUT2D eigenvalue weighted by Gasteiger charge is -2.16. The quantitative estimate of drug-likeness (QED) is 0.742. The van der Waals surface area contributed by atoms with E-state index in [2.05, 4.69) is 15.3 Å². The molecule has 0 radical (unpaired) electrons. The van der Waals surface area contributed by atoms with Crippen molar-refractivity contribution >= 4 is 11.6 Å². The van der Waals surface area contributed by atoms with Crippen LogP contribution in [0.15, 0.2) is 37.2 Å². The Morgan fingerprint density at radius 3 is 3.04 bits per heavy atom. The Bertz CT molecular complexity index is 937. The first-order valence-corrected chi connectivity index (χ1v) is 8.59. The lowest BCUT2D eigenvalue weighted by atomic mass is 10.1. The van der Waals surface area contributed by atoms with Crippen molar-refractivity contribution in [2.75, 3.05) is 0 Å². The molecule has 0 spiro atoms. The molecule has 0 saturated heterocycles. The van der Waals surface area contributed by atoms with Crippen LogP contribution in [0, 0.1) is 18.7 Å². The van der Waals surface area contributed by atoms with E-state index in [9.17, 15) is 14.3 Å². The number of aryl methyl sites for hydroxylation is 1. The molecular weight excluding hydrogens is 337 g/mol. The molecule has 0 bridgehead atoms. The number of nitrogens with zero attached hydrogens (tertiary/aromatic N) is 4. The van der Waals surface area contributed by atoms with Crippen LogP contribution in [0.2, 0.25) is 0 Å². The number of amides is 1. The Labute approximate surface area is 149 Å². The maximum Gasteiger partial charge on any atom is 0.253 e. The predicted molar refractivity (Wildman–Crippen MR) is 92.1 cm³/mol. The fourth-order valence-electron chi connectivity index (χ4n) is 3.67. The SMILES string of the molecule is Cc1cn2cc(C(=O)N[C@@H]3CC(Cn4ccnc4)C[C@H]3O)cc(F)c2n1. The molecule has 3 aromatic rings. The molecule has 1 saturated carbocycles. The minimum atomic E-state index is -0.614. The molecule has 2 N–H and O–H groups in total. The Morgan fingerprint density at radius 2 is 2.27 bits per heavy atom. The molecule has 1 unspecified atom stereocenters. The van der Waals surface area contributed by atoms with Crippen molar-refractivity contribution in [1.29, 1.82) is 0 Å². The standard InChI is InChI=1S/C18H20FN5O2/c1-11-7-24-9-13(6-14(19)17(24)21-11)18(26)22-15-4-12(5-16(15)25)8-23-3-2-20-10-23/h2-3,6-7,9-10,12,15-16,25H,4-5,8H2,1H3,(H,22,26)/t12?,15-,16-/m1/s1. The number of nitrogens with one attached hydrogen (secondary N) is 1. The van der Waals surface area contributed by atoms with E-state index in [0.717, 1.165) is 6.54 Å². The van der Waals surface area contributed by atoms with Crippen molar-refractivity contribution in [1.82, 2.24) is 24.3 Å². The van der Waals surface area contributed by atoms with Gasteiger partial charge in [-0.2, -0.15) is 0 Å². The highest BCUT2D eigenvalue weighted by Crippen LogP contribution is 2.28. The summed E-state index contributed by atoms with van der Waals surface area (Å²) in [7, 11) is 0. The van der Waals surface area contributed by atoms with Crippen LogP contribution in [0.25, 0.3) is 5.65 Å². The number of fused-ring (bicyclic) bond motifs is 1. The van der Waals surface area contributed by atoms with Crippen LogP contribution < -0.4 is 5.32 Å². The van der Waals surface area contributed by atoms with E-state index in [1.807, 2.05) is 10.8 Å². The minimum absolute atomic E-state index is 0.195. The van der Waals surface area contributed by atoms with Gasteiger partial charge in [-0.1, -0.05) is 0 Å². The van der Waals surface area contributed by atoms with E-state index >= 15 is 0 Å². The molecule has 3 atom stereocenters. The number of hydrogen-bond donors (Lipinski definition) is 2. The zero-order valence-electron chi connectivity index (χ0n) is 14.3. The number of rotatable bonds is 4. The third-order valence-electron chi connectivity index (χ3n) is 4.86. The Hall–Kier alpha value is -2.74. The largest absolute Gasteiger partial charge is 0.391 e. The van der Waals surface area contributed by atoms with Gasteiger partial charge in [0.05, 0.1) is 29.7 Å². The second-order valence-electron chi connectivity index (χ2n) is 6.93. The summed E-state index contributed by atoms with van der Waals surface area (Å²) in [6.07, 6.45) is 9.22. The third kappa shape index (κ3) is 3.20. The molecule has 26 heavy (non-hydrogen) atoms. The highest BCUT2D eigenvalue weighted by molar-refractivity contribution is 5.94. The first-order chi connectivity index (χ1) is 12.5. The molecule has 136 valence electrons. The van der Waals surface area contributed by atoms with Crippen molar-refractivity contribution < 1.29 is 14.3 Å². The van der Waals surface area contributed by atoms with Gasteiger partial charge in [-0.05, 0) is 31.7 Å². The van der Waals surface area contributed by atoms with Crippen LogP contribution in [-0.2, 0) is 6.54 Å². The second kappa shape index (κ2) is 6.53. The first-order valence-electron chi connectivity index (χ1n) is 8.59. The van der Waals surface area contributed by atoms with Gasteiger partial charge in [-0.25, -0.2) is 14.4 Å². The highest BCUT2D eigenvalue weighted by Gasteiger charge is 2.34. The molecule has 1 amide bonds. The predicted octanol–water partition coefficient (Wildman–Crippen LogP) is 1.55. The van der Waals surface area contributed by atoms with Gasteiger partial charge in [0.15, 0.2) is 11.5 Å². The molecule has 1 fully saturated rings. The second-order valence-corrected chi connectivity index (χ2v) is 6.93. The van der Waals surface area contributed by atoms with E-state index in [1.165, 1.54) is 10.5 Å². The summed E-state index contributed by atoms with van der Waals surface area (Å²) >= 11 is 0. The summed E-state index contributed by atoms with van der Waals surface area (Å²) in [5, 5.41) is 13.1. The van der Waals surface area contributed by atoms with Crippen molar-refractivity contribution in [3.8, 4) is 0 Å².